The monoisotopic (exact) mass is 204 g/mol. The van der Waals surface area contributed by atoms with Crippen LogP contribution in [0.15, 0.2) is 6.20 Å². The van der Waals surface area contributed by atoms with Crippen molar-refractivity contribution in [2.45, 2.75) is 33.2 Å². The molecule has 0 fully saturated rings. The Hall–Kier alpha value is -1.42. The molecule has 80 valence electrons. The molecule has 0 aliphatic rings. The minimum Gasteiger partial charge on any atom is -0.346 e. The lowest BCUT2D eigenvalue weighted by Gasteiger charge is -2.08. The Bertz CT molecular complexity index is 485. The summed E-state index contributed by atoms with van der Waals surface area (Å²) in [6, 6.07) is 0. The predicted octanol–water partition coefficient (Wildman–Crippen LogP) is 1.85. The molecule has 0 aliphatic carbocycles. The van der Waals surface area contributed by atoms with E-state index >= 15 is 0 Å². The molecule has 0 unspecified atom stereocenters. The smallest absolute Gasteiger partial charge is 0.141 e. The van der Waals surface area contributed by atoms with Crippen LogP contribution in [-0.4, -0.2) is 15.0 Å². The van der Waals surface area contributed by atoms with Crippen molar-refractivity contribution in [3.8, 4) is 0 Å². The van der Waals surface area contributed by atoms with Gasteiger partial charge in [0.1, 0.15) is 11.5 Å². The predicted molar refractivity (Wildman–Crippen MR) is 60.6 cm³/mol. The van der Waals surface area contributed by atoms with E-state index in [0.717, 1.165) is 28.1 Å². The molecule has 0 radical (unpaired) electrons. The number of nitrogens with two attached hydrogens (primary N) is 1. The second kappa shape index (κ2) is 3.62. The maximum atomic E-state index is 5.69. The standard InChI is InChI=1S/C11H16N4/c1-6(2)10-9-8(4-12)5-13-11(9)15-7(3)14-10/h5-6H,4,12H2,1-3H3,(H,13,14,15). The Kier molecular flexibility index (Phi) is 2.44. The van der Waals surface area contributed by atoms with Crippen molar-refractivity contribution in [1.82, 2.24) is 15.0 Å². The van der Waals surface area contributed by atoms with Gasteiger partial charge in [-0.2, -0.15) is 0 Å². The molecule has 3 N–H and O–H groups in total. The SMILES string of the molecule is Cc1nc(C(C)C)c2c(CN)c[nH]c2n1. The Labute approximate surface area is 88.9 Å². The van der Waals surface area contributed by atoms with Crippen LogP contribution in [0.4, 0.5) is 0 Å². The number of aromatic nitrogens is 3. The zero-order valence-electron chi connectivity index (χ0n) is 9.33. The quantitative estimate of drug-likeness (QED) is 0.784. The Morgan fingerprint density at radius 1 is 1.40 bits per heavy atom. The molecule has 0 saturated carbocycles. The molecule has 2 aromatic heterocycles. The molecule has 0 aliphatic heterocycles. The molecule has 0 saturated heterocycles. The third-order valence-electron chi connectivity index (χ3n) is 2.52. The highest BCUT2D eigenvalue weighted by Gasteiger charge is 2.13. The maximum absolute atomic E-state index is 5.69. The van der Waals surface area contributed by atoms with Crippen molar-refractivity contribution in [1.29, 1.82) is 0 Å². The number of rotatable bonds is 2. The number of aryl methyl sites for hydroxylation is 1. The van der Waals surface area contributed by atoms with Crippen LogP contribution in [-0.2, 0) is 6.54 Å². The highest BCUT2D eigenvalue weighted by atomic mass is 14.9. The summed E-state index contributed by atoms with van der Waals surface area (Å²) in [5.41, 5.74) is 8.76. The van der Waals surface area contributed by atoms with Gasteiger partial charge in [-0.15, -0.1) is 0 Å². The van der Waals surface area contributed by atoms with Crippen molar-refractivity contribution >= 4 is 11.0 Å². The third-order valence-corrected chi connectivity index (χ3v) is 2.52. The van der Waals surface area contributed by atoms with Crippen molar-refractivity contribution in [3.05, 3.63) is 23.3 Å². The van der Waals surface area contributed by atoms with E-state index in [-0.39, 0.29) is 0 Å². The van der Waals surface area contributed by atoms with Gasteiger partial charge in [-0.1, -0.05) is 13.8 Å². The number of hydrogen-bond donors (Lipinski definition) is 2. The van der Waals surface area contributed by atoms with E-state index in [1.807, 2.05) is 13.1 Å². The molecular weight excluding hydrogens is 188 g/mol. The molecule has 0 bridgehead atoms. The highest BCUT2D eigenvalue weighted by molar-refractivity contribution is 5.82. The minimum absolute atomic E-state index is 0.385. The van der Waals surface area contributed by atoms with E-state index in [9.17, 15) is 0 Å². The van der Waals surface area contributed by atoms with Crippen LogP contribution in [0.1, 0.15) is 36.8 Å². The molecule has 0 spiro atoms. The summed E-state index contributed by atoms with van der Waals surface area (Å²) in [4.78, 5) is 12.0. The maximum Gasteiger partial charge on any atom is 0.141 e. The van der Waals surface area contributed by atoms with Crippen molar-refractivity contribution in [2.75, 3.05) is 0 Å². The van der Waals surface area contributed by atoms with Gasteiger partial charge in [-0.25, -0.2) is 9.97 Å². The lowest BCUT2D eigenvalue weighted by Crippen LogP contribution is -2.02. The van der Waals surface area contributed by atoms with Gasteiger partial charge in [-0.3, -0.25) is 0 Å². The topological polar surface area (TPSA) is 67.6 Å². The zero-order valence-corrected chi connectivity index (χ0v) is 9.33. The first kappa shape index (κ1) is 10.1. The first-order valence-electron chi connectivity index (χ1n) is 5.18. The van der Waals surface area contributed by atoms with Gasteiger partial charge in [0.25, 0.3) is 0 Å². The van der Waals surface area contributed by atoms with Crippen molar-refractivity contribution in [3.63, 3.8) is 0 Å². The van der Waals surface area contributed by atoms with Gasteiger partial charge < -0.3 is 10.7 Å². The molecule has 2 rings (SSSR count). The second-order valence-electron chi connectivity index (χ2n) is 4.05. The second-order valence-corrected chi connectivity index (χ2v) is 4.05. The third kappa shape index (κ3) is 1.61. The lowest BCUT2D eigenvalue weighted by molar-refractivity contribution is 0.815. The van der Waals surface area contributed by atoms with Crippen LogP contribution in [0.25, 0.3) is 11.0 Å². The fraction of sp³-hybridized carbons (Fsp3) is 0.455. The number of nitrogens with one attached hydrogen (secondary N) is 1. The molecule has 4 nitrogen and oxygen atoms in total. The summed E-state index contributed by atoms with van der Waals surface area (Å²) in [5.74, 6) is 1.19. The zero-order chi connectivity index (χ0) is 11.0. The highest BCUT2D eigenvalue weighted by Crippen LogP contribution is 2.25. The van der Waals surface area contributed by atoms with E-state index in [4.69, 9.17) is 5.73 Å². The van der Waals surface area contributed by atoms with Crippen LogP contribution in [0.2, 0.25) is 0 Å². The Morgan fingerprint density at radius 3 is 2.73 bits per heavy atom. The van der Waals surface area contributed by atoms with Gasteiger partial charge in [0.05, 0.1) is 5.69 Å². The molecule has 2 aromatic rings. The number of hydrogen-bond acceptors (Lipinski definition) is 3. The van der Waals surface area contributed by atoms with Gasteiger partial charge in [0.15, 0.2) is 0 Å². The molecule has 4 heteroatoms. The Balaban J connectivity index is 2.79. The first-order chi connectivity index (χ1) is 7.13. The van der Waals surface area contributed by atoms with Gasteiger partial charge in [-0.05, 0) is 18.4 Å². The fourth-order valence-corrected chi connectivity index (χ4v) is 1.82. The average Bonchev–Trinajstić information content (AvgIpc) is 2.58. The molecule has 15 heavy (non-hydrogen) atoms. The van der Waals surface area contributed by atoms with Crippen LogP contribution in [0.3, 0.4) is 0 Å². The summed E-state index contributed by atoms with van der Waals surface area (Å²) < 4.78 is 0. The van der Waals surface area contributed by atoms with Crippen molar-refractivity contribution < 1.29 is 0 Å². The van der Waals surface area contributed by atoms with Crippen LogP contribution in [0.5, 0.6) is 0 Å². The van der Waals surface area contributed by atoms with Crippen molar-refractivity contribution in [2.24, 2.45) is 5.73 Å². The molecule has 0 atom stereocenters. The minimum atomic E-state index is 0.385. The average molecular weight is 204 g/mol. The molecule has 2 heterocycles. The number of aromatic amines is 1. The van der Waals surface area contributed by atoms with E-state index in [2.05, 4.69) is 28.8 Å². The van der Waals surface area contributed by atoms with E-state index < -0.39 is 0 Å². The van der Waals surface area contributed by atoms with E-state index in [1.165, 1.54) is 0 Å². The van der Waals surface area contributed by atoms with Crippen LogP contribution >= 0.6 is 0 Å². The number of nitrogens with zero attached hydrogens (tertiary/aromatic N) is 2. The van der Waals surface area contributed by atoms with Gasteiger partial charge in [0.2, 0.25) is 0 Å². The summed E-state index contributed by atoms with van der Waals surface area (Å²) in [7, 11) is 0. The largest absolute Gasteiger partial charge is 0.346 e. The normalized spacial score (nSPS) is 11.5. The molecular formula is C11H16N4. The summed E-state index contributed by atoms with van der Waals surface area (Å²) >= 11 is 0. The molecule has 0 aromatic carbocycles. The van der Waals surface area contributed by atoms with Crippen LogP contribution < -0.4 is 5.73 Å². The summed E-state index contributed by atoms with van der Waals surface area (Å²) in [6.07, 6.45) is 1.92. The van der Waals surface area contributed by atoms with Crippen LogP contribution in [0, 0.1) is 6.92 Å². The summed E-state index contributed by atoms with van der Waals surface area (Å²) in [6.45, 7) is 6.70. The lowest BCUT2D eigenvalue weighted by atomic mass is 10.0. The molecule has 0 amide bonds. The van der Waals surface area contributed by atoms with Gasteiger partial charge >= 0.3 is 0 Å². The Morgan fingerprint density at radius 2 is 2.13 bits per heavy atom. The number of fused-ring (bicyclic) bond motifs is 1. The van der Waals surface area contributed by atoms with E-state index in [1.54, 1.807) is 0 Å². The fourth-order valence-electron chi connectivity index (χ4n) is 1.82. The number of H-pyrrole nitrogens is 1. The first-order valence-corrected chi connectivity index (χ1v) is 5.18. The summed E-state index contributed by atoms with van der Waals surface area (Å²) in [5, 5.41) is 1.10. The van der Waals surface area contributed by atoms with Gasteiger partial charge in [0, 0.05) is 18.1 Å². The van der Waals surface area contributed by atoms with E-state index in [0.29, 0.717) is 12.5 Å².